The van der Waals surface area contributed by atoms with E-state index < -0.39 is 0 Å². The summed E-state index contributed by atoms with van der Waals surface area (Å²) in [6, 6.07) is 5.69. The minimum atomic E-state index is -0.276. The van der Waals surface area contributed by atoms with Gasteiger partial charge >= 0.3 is 0 Å². The highest BCUT2D eigenvalue weighted by Gasteiger charge is 2.27. The van der Waals surface area contributed by atoms with Crippen LogP contribution >= 0.6 is 0 Å². The molecular formula is C20H20N2O2. The molecule has 0 fully saturated rings. The van der Waals surface area contributed by atoms with Crippen LogP contribution in [0.1, 0.15) is 35.3 Å². The van der Waals surface area contributed by atoms with Gasteiger partial charge in [0.05, 0.1) is 5.71 Å². The number of carbonyl (C=O) groups is 2. The van der Waals surface area contributed by atoms with Crippen LogP contribution in [0, 0.1) is 19.8 Å². The predicted octanol–water partition coefficient (Wildman–Crippen LogP) is 3.42. The Balaban J connectivity index is 1.91. The lowest BCUT2D eigenvalue weighted by Crippen LogP contribution is -2.35. The fraction of sp³-hybridized carbons (Fsp3) is 0.250. The Morgan fingerprint density at radius 2 is 1.75 bits per heavy atom. The standard InChI is InChI=1S/C20H20N2O2/c1-11-7-12(2)9-15(8-11)20(24)21-16-5-6-17-13(3)14(4)19(23)22-18(17)10-16/h5-10,17H,1-4H3,(H,22,23). The maximum atomic E-state index is 12.4. The van der Waals surface area contributed by atoms with Gasteiger partial charge in [0.1, 0.15) is 0 Å². The second kappa shape index (κ2) is 6.04. The highest BCUT2D eigenvalue weighted by Crippen LogP contribution is 2.29. The Bertz CT molecular complexity index is 849. The van der Waals surface area contributed by atoms with Gasteiger partial charge in [0, 0.05) is 22.8 Å². The molecule has 1 aromatic carbocycles. The fourth-order valence-corrected chi connectivity index (χ4v) is 3.07. The van der Waals surface area contributed by atoms with Crippen LogP contribution in [0.3, 0.4) is 0 Å². The maximum absolute atomic E-state index is 12.4. The van der Waals surface area contributed by atoms with Crippen molar-refractivity contribution in [3.05, 3.63) is 70.0 Å². The second-order valence-corrected chi connectivity index (χ2v) is 6.42. The summed E-state index contributed by atoms with van der Waals surface area (Å²) in [4.78, 5) is 28.6. The third-order valence-electron chi connectivity index (χ3n) is 4.45. The summed E-state index contributed by atoms with van der Waals surface area (Å²) in [5.41, 5.74) is 5.75. The Hall–Kier alpha value is -2.75. The molecule has 24 heavy (non-hydrogen) atoms. The van der Waals surface area contributed by atoms with E-state index in [9.17, 15) is 9.59 Å². The molecule has 0 saturated heterocycles. The van der Waals surface area contributed by atoms with Crippen LogP contribution in [-0.4, -0.2) is 17.5 Å². The van der Waals surface area contributed by atoms with Crippen molar-refractivity contribution in [1.82, 2.24) is 5.32 Å². The summed E-state index contributed by atoms with van der Waals surface area (Å²) < 4.78 is 0. The van der Waals surface area contributed by atoms with Gasteiger partial charge in [0.2, 0.25) is 0 Å². The summed E-state index contributed by atoms with van der Waals surface area (Å²) >= 11 is 0. The SMILES string of the molecule is CC1=C(C)C2C=CC(=NC(=O)c3cc(C)cc(C)c3)C=C2NC1=O. The number of aryl methyl sites for hydroxylation is 2. The molecule has 1 atom stereocenters. The van der Waals surface area contributed by atoms with Crippen molar-refractivity contribution in [2.24, 2.45) is 10.9 Å². The summed E-state index contributed by atoms with van der Waals surface area (Å²) in [5, 5.41) is 2.88. The summed E-state index contributed by atoms with van der Waals surface area (Å²) in [5.74, 6) is -0.314. The molecule has 1 N–H and O–H groups in total. The Labute approximate surface area is 141 Å². The first-order chi connectivity index (χ1) is 11.3. The van der Waals surface area contributed by atoms with Gasteiger partial charge < -0.3 is 5.32 Å². The molecule has 3 rings (SSSR count). The van der Waals surface area contributed by atoms with E-state index in [0.29, 0.717) is 11.3 Å². The van der Waals surface area contributed by atoms with E-state index in [1.165, 1.54) is 0 Å². The lowest BCUT2D eigenvalue weighted by molar-refractivity contribution is -0.117. The van der Waals surface area contributed by atoms with Gasteiger partial charge in [-0.15, -0.1) is 0 Å². The molecule has 4 nitrogen and oxygen atoms in total. The zero-order valence-electron chi connectivity index (χ0n) is 14.3. The van der Waals surface area contributed by atoms with Crippen LogP contribution in [0.5, 0.6) is 0 Å². The van der Waals surface area contributed by atoms with Crippen molar-refractivity contribution in [1.29, 1.82) is 0 Å². The normalized spacial score (nSPS) is 21.5. The number of allylic oxidation sites excluding steroid dienone is 3. The molecule has 4 heteroatoms. The van der Waals surface area contributed by atoms with Crippen LogP contribution in [0.15, 0.2) is 58.3 Å². The van der Waals surface area contributed by atoms with Gasteiger partial charge in [0.25, 0.3) is 11.8 Å². The minimum Gasteiger partial charge on any atom is -0.325 e. The van der Waals surface area contributed by atoms with E-state index >= 15 is 0 Å². The lowest BCUT2D eigenvalue weighted by atomic mass is 9.85. The molecule has 0 aromatic heterocycles. The highest BCUT2D eigenvalue weighted by atomic mass is 16.2. The maximum Gasteiger partial charge on any atom is 0.277 e. The van der Waals surface area contributed by atoms with E-state index in [1.54, 1.807) is 6.08 Å². The Morgan fingerprint density at radius 3 is 2.42 bits per heavy atom. The van der Waals surface area contributed by atoms with Gasteiger partial charge in [-0.2, -0.15) is 0 Å². The summed E-state index contributed by atoms with van der Waals surface area (Å²) in [6.07, 6.45) is 5.59. The van der Waals surface area contributed by atoms with Crippen molar-refractivity contribution in [3.63, 3.8) is 0 Å². The second-order valence-electron chi connectivity index (χ2n) is 6.42. The monoisotopic (exact) mass is 320 g/mol. The van der Waals surface area contributed by atoms with Crippen LogP contribution in [0.25, 0.3) is 0 Å². The van der Waals surface area contributed by atoms with Crippen molar-refractivity contribution >= 4 is 17.5 Å². The van der Waals surface area contributed by atoms with Crippen molar-refractivity contribution in [3.8, 4) is 0 Å². The van der Waals surface area contributed by atoms with Gasteiger partial charge in [-0.3, -0.25) is 9.59 Å². The van der Waals surface area contributed by atoms with E-state index in [1.807, 2.05) is 58.0 Å². The molecule has 122 valence electrons. The molecule has 2 amide bonds. The van der Waals surface area contributed by atoms with E-state index in [-0.39, 0.29) is 17.7 Å². The molecule has 0 radical (unpaired) electrons. The molecule has 1 unspecified atom stereocenters. The number of rotatable bonds is 1. The molecule has 2 aliphatic rings. The first kappa shape index (κ1) is 16.1. The molecule has 1 aromatic rings. The third kappa shape index (κ3) is 3.00. The molecule has 0 saturated carbocycles. The molecule has 0 bridgehead atoms. The third-order valence-corrected chi connectivity index (χ3v) is 4.45. The van der Waals surface area contributed by atoms with Crippen LogP contribution in [0.2, 0.25) is 0 Å². The smallest absolute Gasteiger partial charge is 0.277 e. The summed E-state index contributed by atoms with van der Waals surface area (Å²) in [6.45, 7) is 7.69. The molecule has 0 spiro atoms. The average Bonchev–Trinajstić information content (AvgIpc) is 2.51. The van der Waals surface area contributed by atoms with E-state index in [2.05, 4.69) is 10.3 Å². The summed E-state index contributed by atoms with van der Waals surface area (Å²) in [7, 11) is 0. The number of nitrogens with one attached hydrogen (secondary N) is 1. The molecular weight excluding hydrogens is 300 g/mol. The molecule has 1 aliphatic carbocycles. The zero-order valence-corrected chi connectivity index (χ0v) is 14.3. The van der Waals surface area contributed by atoms with Gasteiger partial charge in [-0.25, -0.2) is 4.99 Å². The lowest BCUT2D eigenvalue weighted by Gasteiger charge is -2.28. The molecule has 1 heterocycles. The van der Waals surface area contributed by atoms with E-state index in [0.717, 1.165) is 28.0 Å². The van der Waals surface area contributed by atoms with Gasteiger partial charge in [0.15, 0.2) is 0 Å². The van der Waals surface area contributed by atoms with Gasteiger partial charge in [-0.1, -0.05) is 28.8 Å². The van der Waals surface area contributed by atoms with Crippen LogP contribution in [0.4, 0.5) is 0 Å². The number of fused-ring (bicyclic) bond motifs is 1. The average molecular weight is 320 g/mol. The number of hydrogen-bond acceptors (Lipinski definition) is 2. The number of aliphatic imine (C=N–C) groups is 1. The first-order valence-electron chi connectivity index (χ1n) is 7.95. The molecule has 1 aliphatic heterocycles. The minimum absolute atomic E-state index is 0.0537. The van der Waals surface area contributed by atoms with Gasteiger partial charge in [-0.05, 0) is 52.0 Å². The Kier molecular flexibility index (Phi) is 4.06. The fourth-order valence-electron chi connectivity index (χ4n) is 3.07. The zero-order chi connectivity index (χ0) is 17.4. The van der Waals surface area contributed by atoms with Crippen molar-refractivity contribution in [2.75, 3.05) is 0 Å². The van der Waals surface area contributed by atoms with Crippen molar-refractivity contribution in [2.45, 2.75) is 27.7 Å². The number of amides is 2. The number of carbonyl (C=O) groups excluding carboxylic acids is 2. The van der Waals surface area contributed by atoms with E-state index in [4.69, 9.17) is 0 Å². The highest BCUT2D eigenvalue weighted by molar-refractivity contribution is 6.14. The van der Waals surface area contributed by atoms with Crippen molar-refractivity contribution < 1.29 is 9.59 Å². The Morgan fingerprint density at radius 1 is 1.08 bits per heavy atom. The largest absolute Gasteiger partial charge is 0.325 e. The van der Waals surface area contributed by atoms with Crippen LogP contribution in [-0.2, 0) is 4.79 Å². The quantitative estimate of drug-likeness (QED) is 0.862. The number of hydrogen-bond donors (Lipinski definition) is 1. The van der Waals surface area contributed by atoms with Crippen LogP contribution < -0.4 is 5.32 Å². The predicted molar refractivity (Wildman–Crippen MR) is 94.9 cm³/mol. The topological polar surface area (TPSA) is 58.5 Å². The first-order valence-corrected chi connectivity index (χ1v) is 7.95. The number of benzene rings is 1. The number of nitrogens with zero attached hydrogens (tertiary/aromatic N) is 1.